The number of benzene rings is 1. The second kappa shape index (κ2) is 5.31. The molecule has 2 heteroatoms. The molecule has 1 unspecified atom stereocenters. The molecular weight excluding hydrogens is 220 g/mol. The summed E-state index contributed by atoms with van der Waals surface area (Å²) in [6, 6.07) is 8.98. The minimum atomic E-state index is 0.793. The molecule has 1 N–H and O–H groups in total. The van der Waals surface area contributed by atoms with Gasteiger partial charge in [0.05, 0.1) is 0 Å². The van der Waals surface area contributed by atoms with Crippen LogP contribution in [-0.4, -0.2) is 26.2 Å². The topological polar surface area (TPSA) is 15.3 Å². The Balaban J connectivity index is 1.75. The van der Waals surface area contributed by atoms with E-state index in [1.165, 1.54) is 51.1 Å². The minimum Gasteiger partial charge on any atom is -0.371 e. The Morgan fingerprint density at radius 2 is 2.00 bits per heavy atom. The van der Waals surface area contributed by atoms with E-state index >= 15 is 0 Å². The molecule has 1 atom stereocenters. The molecular formula is C16H24N2. The Hall–Kier alpha value is -1.02. The van der Waals surface area contributed by atoms with Crippen LogP contribution in [0.25, 0.3) is 0 Å². The van der Waals surface area contributed by atoms with Crippen LogP contribution in [0.1, 0.15) is 25.3 Å². The van der Waals surface area contributed by atoms with Crippen molar-refractivity contribution in [3.8, 4) is 0 Å². The highest BCUT2D eigenvalue weighted by Crippen LogP contribution is 2.30. The third kappa shape index (κ3) is 2.54. The first-order valence-corrected chi connectivity index (χ1v) is 7.36. The fourth-order valence-electron chi connectivity index (χ4n) is 3.46. The smallest absolute Gasteiger partial charge is 0.0399 e. The highest BCUT2D eigenvalue weighted by Gasteiger charge is 2.24. The van der Waals surface area contributed by atoms with Gasteiger partial charge in [-0.1, -0.05) is 25.1 Å². The summed E-state index contributed by atoms with van der Waals surface area (Å²) in [5, 5.41) is 3.46. The zero-order chi connectivity index (χ0) is 12.4. The van der Waals surface area contributed by atoms with Gasteiger partial charge in [-0.25, -0.2) is 0 Å². The number of hydrogen-bond acceptors (Lipinski definition) is 2. The Bertz CT molecular complexity index is 396. The zero-order valence-corrected chi connectivity index (χ0v) is 11.4. The van der Waals surface area contributed by atoms with Crippen molar-refractivity contribution in [2.24, 2.45) is 11.8 Å². The van der Waals surface area contributed by atoms with E-state index in [2.05, 4.69) is 41.4 Å². The van der Waals surface area contributed by atoms with Gasteiger partial charge in [0.25, 0.3) is 0 Å². The molecule has 2 aliphatic rings. The highest BCUT2D eigenvalue weighted by atomic mass is 15.1. The SMILES string of the molecule is CC1Cc2ccccc2N(CC2CCNCC2)C1. The van der Waals surface area contributed by atoms with Crippen molar-refractivity contribution in [2.45, 2.75) is 26.2 Å². The third-order valence-corrected chi connectivity index (χ3v) is 4.37. The fourth-order valence-corrected chi connectivity index (χ4v) is 3.46. The molecule has 1 saturated heterocycles. The largest absolute Gasteiger partial charge is 0.371 e. The van der Waals surface area contributed by atoms with Crippen molar-refractivity contribution in [1.29, 1.82) is 0 Å². The van der Waals surface area contributed by atoms with Gasteiger partial charge < -0.3 is 10.2 Å². The Morgan fingerprint density at radius 1 is 1.22 bits per heavy atom. The molecule has 0 saturated carbocycles. The lowest BCUT2D eigenvalue weighted by atomic mass is 9.91. The van der Waals surface area contributed by atoms with Gasteiger partial charge in [0, 0.05) is 18.8 Å². The molecule has 2 heterocycles. The van der Waals surface area contributed by atoms with Crippen LogP contribution in [0.4, 0.5) is 5.69 Å². The summed E-state index contributed by atoms with van der Waals surface area (Å²) in [5.74, 6) is 1.67. The first-order chi connectivity index (χ1) is 8.83. The Kier molecular flexibility index (Phi) is 3.55. The van der Waals surface area contributed by atoms with Crippen molar-refractivity contribution in [3.63, 3.8) is 0 Å². The van der Waals surface area contributed by atoms with Crippen molar-refractivity contribution in [3.05, 3.63) is 29.8 Å². The standard InChI is InChI=1S/C16H24N2/c1-13-10-15-4-2-3-5-16(15)18(11-13)12-14-6-8-17-9-7-14/h2-5,13-14,17H,6-12H2,1H3. The lowest BCUT2D eigenvalue weighted by Gasteiger charge is -2.38. The molecule has 3 rings (SSSR count). The number of hydrogen-bond donors (Lipinski definition) is 1. The van der Waals surface area contributed by atoms with Crippen LogP contribution in [0.3, 0.4) is 0 Å². The quantitative estimate of drug-likeness (QED) is 0.860. The minimum absolute atomic E-state index is 0.793. The van der Waals surface area contributed by atoms with E-state index in [9.17, 15) is 0 Å². The van der Waals surface area contributed by atoms with Crippen LogP contribution in [0, 0.1) is 11.8 Å². The van der Waals surface area contributed by atoms with E-state index in [1.807, 2.05) is 0 Å². The highest BCUT2D eigenvalue weighted by molar-refractivity contribution is 5.55. The predicted octanol–water partition coefficient (Wildman–Crippen LogP) is 2.68. The van der Waals surface area contributed by atoms with Gasteiger partial charge in [-0.2, -0.15) is 0 Å². The van der Waals surface area contributed by atoms with Crippen LogP contribution in [-0.2, 0) is 6.42 Å². The van der Waals surface area contributed by atoms with Crippen molar-refractivity contribution in [1.82, 2.24) is 5.32 Å². The fraction of sp³-hybridized carbons (Fsp3) is 0.625. The van der Waals surface area contributed by atoms with Crippen molar-refractivity contribution >= 4 is 5.69 Å². The number of rotatable bonds is 2. The Labute approximate surface area is 110 Å². The van der Waals surface area contributed by atoms with Crippen molar-refractivity contribution < 1.29 is 0 Å². The van der Waals surface area contributed by atoms with Crippen LogP contribution in [0.5, 0.6) is 0 Å². The number of nitrogens with zero attached hydrogens (tertiary/aromatic N) is 1. The van der Waals surface area contributed by atoms with E-state index in [0.717, 1.165) is 11.8 Å². The molecule has 0 radical (unpaired) electrons. The van der Waals surface area contributed by atoms with Gasteiger partial charge >= 0.3 is 0 Å². The summed E-state index contributed by atoms with van der Waals surface area (Å²) in [5.41, 5.74) is 3.04. The number of nitrogens with one attached hydrogen (secondary N) is 1. The maximum atomic E-state index is 3.46. The second-order valence-corrected chi connectivity index (χ2v) is 6.04. The molecule has 2 nitrogen and oxygen atoms in total. The summed E-state index contributed by atoms with van der Waals surface area (Å²) in [4.78, 5) is 2.64. The second-order valence-electron chi connectivity index (χ2n) is 6.04. The molecule has 1 aromatic carbocycles. The monoisotopic (exact) mass is 244 g/mol. The lowest BCUT2D eigenvalue weighted by molar-refractivity contribution is 0.364. The average molecular weight is 244 g/mol. The van der Waals surface area contributed by atoms with Gasteiger partial charge in [-0.3, -0.25) is 0 Å². The van der Waals surface area contributed by atoms with Crippen LogP contribution in [0.15, 0.2) is 24.3 Å². The summed E-state index contributed by atoms with van der Waals surface area (Å²) >= 11 is 0. The van der Waals surface area contributed by atoms with Gasteiger partial charge in [0.15, 0.2) is 0 Å². The summed E-state index contributed by atoms with van der Waals surface area (Å²) in [7, 11) is 0. The molecule has 1 aromatic rings. The first kappa shape index (κ1) is 12.0. The van der Waals surface area contributed by atoms with E-state index in [-0.39, 0.29) is 0 Å². The molecule has 0 aliphatic carbocycles. The Morgan fingerprint density at radius 3 is 2.83 bits per heavy atom. The average Bonchev–Trinajstić information content (AvgIpc) is 2.40. The molecule has 18 heavy (non-hydrogen) atoms. The zero-order valence-electron chi connectivity index (χ0n) is 11.4. The maximum Gasteiger partial charge on any atom is 0.0399 e. The number of fused-ring (bicyclic) bond motifs is 1. The lowest BCUT2D eigenvalue weighted by Crippen LogP contribution is -2.40. The third-order valence-electron chi connectivity index (χ3n) is 4.37. The summed E-state index contributed by atoms with van der Waals surface area (Å²) < 4.78 is 0. The summed E-state index contributed by atoms with van der Waals surface area (Å²) in [6.07, 6.45) is 3.93. The molecule has 98 valence electrons. The maximum absolute atomic E-state index is 3.46. The van der Waals surface area contributed by atoms with Crippen molar-refractivity contribution in [2.75, 3.05) is 31.1 Å². The first-order valence-electron chi connectivity index (χ1n) is 7.36. The molecule has 0 aromatic heterocycles. The van der Waals surface area contributed by atoms with Gasteiger partial charge in [0.1, 0.15) is 0 Å². The van der Waals surface area contributed by atoms with E-state index in [1.54, 1.807) is 5.56 Å². The van der Waals surface area contributed by atoms with E-state index < -0.39 is 0 Å². The predicted molar refractivity (Wildman–Crippen MR) is 77.1 cm³/mol. The van der Waals surface area contributed by atoms with E-state index in [0.29, 0.717) is 0 Å². The van der Waals surface area contributed by atoms with Gasteiger partial charge in [-0.15, -0.1) is 0 Å². The van der Waals surface area contributed by atoms with Crippen LogP contribution >= 0.6 is 0 Å². The molecule has 2 aliphatic heterocycles. The molecule has 0 spiro atoms. The number of para-hydroxylation sites is 1. The molecule has 0 amide bonds. The normalized spacial score (nSPS) is 24.9. The molecule has 1 fully saturated rings. The molecule has 0 bridgehead atoms. The van der Waals surface area contributed by atoms with Gasteiger partial charge in [-0.05, 0) is 55.8 Å². The van der Waals surface area contributed by atoms with Gasteiger partial charge in [0.2, 0.25) is 0 Å². The number of anilines is 1. The summed E-state index contributed by atoms with van der Waals surface area (Å²) in [6.45, 7) is 7.28. The van der Waals surface area contributed by atoms with E-state index in [4.69, 9.17) is 0 Å². The van der Waals surface area contributed by atoms with Crippen LogP contribution < -0.4 is 10.2 Å². The van der Waals surface area contributed by atoms with Crippen LogP contribution in [0.2, 0.25) is 0 Å². The number of piperidine rings is 1.